The van der Waals surface area contributed by atoms with Gasteiger partial charge in [-0.2, -0.15) is 0 Å². The van der Waals surface area contributed by atoms with Crippen molar-refractivity contribution in [2.45, 2.75) is 0 Å². The molecule has 0 fully saturated rings. The van der Waals surface area contributed by atoms with E-state index < -0.39 is 0 Å². The normalized spacial score (nSPS) is 18.3. The van der Waals surface area contributed by atoms with Crippen LogP contribution >= 0.6 is 15.9 Å². The van der Waals surface area contributed by atoms with Crippen LogP contribution < -0.4 is 10.6 Å². The SMILES string of the molecule is O=Cc1ccc2c(c1)C(=O)/C(=C1/C(=O)Nc3cc(Br)ccc31)N2. The van der Waals surface area contributed by atoms with Crippen molar-refractivity contribution in [2.75, 3.05) is 10.6 Å². The Bertz CT molecular complexity index is 947. The number of anilines is 2. The van der Waals surface area contributed by atoms with E-state index in [9.17, 15) is 14.4 Å². The van der Waals surface area contributed by atoms with E-state index in [-0.39, 0.29) is 17.4 Å². The Balaban J connectivity index is 1.89. The fourth-order valence-electron chi connectivity index (χ4n) is 2.83. The van der Waals surface area contributed by atoms with Crippen molar-refractivity contribution >= 4 is 50.9 Å². The third-order valence-corrected chi connectivity index (χ3v) is 4.38. The zero-order chi connectivity index (χ0) is 16.1. The van der Waals surface area contributed by atoms with E-state index in [1.54, 1.807) is 24.3 Å². The molecule has 2 N–H and O–H groups in total. The molecule has 0 saturated heterocycles. The Morgan fingerprint density at radius 3 is 2.52 bits per heavy atom. The maximum absolute atomic E-state index is 12.6. The standard InChI is InChI=1S/C17H9BrN2O3/c18-9-2-3-10-13(6-9)20-17(23)14(10)15-16(22)11-5-8(7-21)1-4-12(11)19-15/h1-7,19H,(H,20,23)/b15-14-. The first kappa shape index (κ1) is 13.9. The number of hydrogen-bond donors (Lipinski definition) is 2. The van der Waals surface area contributed by atoms with Crippen LogP contribution in [0.25, 0.3) is 5.57 Å². The van der Waals surface area contributed by atoms with Crippen LogP contribution in [0, 0.1) is 0 Å². The largest absolute Gasteiger partial charge is 0.351 e. The van der Waals surface area contributed by atoms with Crippen molar-refractivity contribution in [3.8, 4) is 0 Å². The molecule has 0 radical (unpaired) electrons. The summed E-state index contributed by atoms with van der Waals surface area (Å²) in [5, 5.41) is 5.76. The molecule has 2 heterocycles. The average Bonchev–Trinajstić information content (AvgIpc) is 3.03. The average molecular weight is 369 g/mol. The number of halogens is 1. The van der Waals surface area contributed by atoms with Gasteiger partial charge < -0.3 is 10.6 Å². The summed E-state index contributed by atoms with van der Waals surface area (Å²) >= 11 is 3.36. The predicted molar refractivity (Wildman–Crippen MR) is 89.5 cm³/mol. The zero-order valence-corrected chi connectivity index (χ0v) is 13.2. The lowest BCUT2D eigenvalue weighted by Crippen LogP contribution is -2.11. The van der Waals surface area contributed by atoms with Gasteiger partial charge in [-0.15, -0.1) is 0 Å². The number of carbonyl (C=O) groups is 3. The van der Waals surface area contributed by atoms with E-state index in [1.165, 1.54) is 6.07 Å². The van der Waals surface area contributed by atoms with Gasteiger partial charge in [0.1, 0.15) is 12.0 Å². The third-order valence-electron chi connectivity index (χ3n) is 3.89. The van der Waals surface area contributed by atoms with Gasteiger partial charge in [-0.1, -0.05) is 22.0 Å². The van der Waals surface area contributed by atoms with Gasteiger partial charge >= 0.3 is 0 Å². The molecule has 0 aliphatic carbocycles. The van der Waals surface area contributed by atoms with Crippen LogP contribution in [-0.4, -0.2) is 18.0 Å². The van der Waals surface area contributed by atoms with Gasteiger partial charge in [-0.25, -0.2) is 0 Å². The molecule has 2 aliphatic rings. The van der Waals surface area contributed by atoms with Gasteiger partial charge in [0.15, 0.2) is 0 Å². The summed E-state index contributed by atoms with van der Waals surface area (Å²) < 4.78 is 0.840. The number of Topliss-reactive ketones (excluding diaryl/α,β-unsaturated/α-hetero) is 1. The maximum atomic E-state index is 12.6. The Morgan fingerprint density at radius 1 is 0.913 bits per heavy atom. The highest BCUT2D eigenvalue weighted by atomic mass is 79.9. The van der Waals surface area contributed by atoms with E-state index in [1.807, 2.05) is 6.07 Å². The molecule has 0 spiro atoms. The second kappa shape index (κ2) is 4.89. The monoisotopic (exact) mass is 368 g/mol. The highest BCUT2D eigenvalue weighted by molar-refractivity contribution is 9.10. The maximum Gasteiger partial charge on any atom is 0.258 e. The van der Waals surface area contributed by atoms with Crippen LogP contribution in [0.4, 0.5) is 11.4 Å². The van der Waals surface area contributed by atoms with Gasteiger partial charge in [0.2, 0.25) is 5.78 Å². The second-order valence-corrected chi connectivity index (χ2v) is 6.19. The molecule has 2 aromatic rings. The van der Waals surface area contributed by atoms with E-state index in [0.717, 1.165) is 4.47 Å². The molecule has 2 aliphatic heterocycles. The fourth-order valence-corrected chi connectivity index (χ4v) is 3.19. The first-order valence-electron chi connectivity index (χ1n) is 6.85. The molecule has 0 bridgehead atoms. The summed E-state index contributed by atoms with van der Waals surface area (Å²) in [5.41, 5.74) is 3.31. The second-order valence-electron chi connectivity index (χ2n) is 5.27. The lowest BCUT2D eigenvalue weighted by atomic mass is 10.0. The summed E-state index contributed by atoms with van der Waals surface area (Å²) in [5.74, 6) is -0.609. The van der Waals surface area contributed by atoms with Gasteiger partial charge in [0, 0.05) is 26.9 Å². The number of carbonyl (C=O) groups excluding carboxylic acids is 3. The molecule has 6 heteroatoms. The van der Waals surface area contributed by atoms with Crippen molar-refractivity contribution < 1.29 is 14.4 Å². The molecular weight excluding hydrogens is 360 g/mol. The summed E-state index contributed by atoms with van der Waals surface area (Å²) in [6.07, 6.45) is 0.688. The smallest absolute Gasteiger partial charge is 0.258 e. The predicted octanol–water partition coefficient (Wildman–Crippen LogP) is 3.23. The van der Waals surface area contributed by atoms with E-state index >= 15 is 0 Å². The number of allylic oxidation sites excluding steroid dienone is 1. The number of benzene rings is 2. The molecular formula is C17H9BrN2O3. The zero-order valence-electron chi connectivity index (χ0n) is 11.6. The van der Waals surface area contributed by atoms with Gasteiger partial charge in [-0.05, 0) is 30.3 Å². The first-order chi connectivity index (χ1) is 11.1. The van der Waals surface area contributed by atoms with E-state index in [4.69, 9.17) is 0 Å². The minimum absolute atomic E-state index is 0.238. The quantitative estimate of drug-likeness (QED) is 0.598. The van der Waals surface area contributed by atoms with Crippen LogP contribution in [0.5, 0.6) is 0 Å². The minimum atomic E-state index is -0.322. The Kier molecular flexibility index (Phi) is 2.96. The molecule has 0 saturated carbocycles. The Labute approximate surface area is 139 Å². The Morgan fingerprint density at radius 2 is 1.74 bits per heavy atom. The Hall–Kier alpha value is -2.73. The van der Waals surface area contributed by atoms with Crippen LogP contribution in [0.3, 0.4) is 0 Å². The van der Waals surface area contributed by atoms with Gasteiger partial charge in [0.05, 0.1) is 11.3 Å². The van der Waals surface area contributed by atoms with Crippen molar-refractivity contribution in [1.82, 2.24) is 0 Å². The van der Waals surface area contributed by atoms with Crippen molar-refractivity contribution in [1.29, 1.82) is 0 Å². The number of nitrogens with one attached hydrogen (secondary N) is 2. The highest BCUT2D eigenvalue weighted by Gasteiger charge is 2.35. The molecule has 4 rings (SSSR count). The lowest BCUT2D eigenvalue weighted by molar-refractivity contribution is -0.110. The number of rotatable bonds is 1. The van der Waals surface area contributed by atoms with Crippen molar-refractivity contribution in [2.24, 2.45) is 0 Å². The molecule has 23 heavy (non-hydrogen) atoms. The van der Waals surface area contributed by atoms with E-state index in [2.05, 4.69) is 26.6 Å². The number of amides is 1. The summed E-state index contributed by atoms with van der Waals surface area (Å²) in [7, 11) is 0. The van der Waals surface area contributed by atoms with Crippen LogP contribution in [0.1, 0.15) is 26.3 Å². The highest BCUT2D eigenvalue weighted by Crippen LogP contribution is 2.39. The molecule has 5 nitrogen and oxygen atoms in total. The molecule has 2 aromatic carbocycles. The summed E-state index contributed by atoms with van der Waals surface area (Å²) in [6.45, 7) is 0. The molecule has 0 unspecified atom stereocenters. The van der Waals surface area contributed by atoms with Crippen LogP contribution in [0.15, 0.2) is 46.6 Å². The van der Waals surface area contributed by atoms with Crippen LogP contribution in [0.2, 0.25) is 0 Å². The topological polar surface area (TPSA) is 75.3 Å². The van der Waals surface area contributed by atoms with Gasteiger partial charge in [-0.3, -0.25) is 14.4 Å². The molecule has 0 atom stereocenters. The number of ketones is 1. The third kappa shape index (κ3) is 2.03. The fraction of sp³-hybridized carbons (Fsp3) is 0. The molecule has 112 valence electrons. The summed E-state index contributed by atoms with van der Waals surface area (Å²) in [6, 6.07) is 10.2. The first-order valence-corrected chi connectivity index (χ1v) is 7.64. The number of hydrogen-bond acceptors (Lipinski definition) is 4. The molecule has 0 aromatic heterocycles. The number of fused-ring (bicyclic) bond motifs is 2. The van der Waals surface area contributed by atoms with Gasteiger partial charge in [0.25, 0.3) is 5.91 Å². The van der Waals surface area contributed by atoms with Crippen molar-refractivity contribution in [3.63, 3.8) is 0 Å². The molecule has 1 amide bonds. The van der Waals surface area contributed by atoms with E-state index in [0.29, 0.717) is 39.9 Å². The minimum Gasteiger partial charge on any atom is -0.351 e. The van der Waals surface area contributed by atoms with Crippen LogP contribution in [-0.2, 0) is 4.79 Å². The lowest BCUT2D eigenvalue weighted by Gasteiger charge is -2.03. The summed E-state index contributed by atoms with van der Waals surface area (Å²) in [4.78, 5) is 35.9. The van der Waals surface area contributed by atoms with Crippen molar-refractivity contribution in [3.05, 3.63) is 63.3 Å². The number of aldehydes is 1.